The zero-order chi connectivity index (χ0) is 19.7. The van der Waals surface area contributed by atoms with E-state index in [0.29, 0.717) is 22.7 Å². The van der Waals surface area contributed by atoms with Crippen LogP contribution in [0.25, 0.3) is 16.7 Å². The van der Waals surface area contributed by atoms with Crippen molar-refractivity contribution in [2.24, 2.45) is 0 Å². The van der Waals surface area contributed by atoms with Gasteiger partial charge in [-0.1, -0.05) is 26.0 Å². The molecule has 28 heavy (non-hydrogen) atoms. The molecule has 5 nitrogen and oxygen atoms in total. The number of fused-ring (bicyclic) bond motifs is 1. The quantitative estimate of drug-likeness (QED) is 0.551. The van der Waals surface area contributed by atoms with Crippen LogP contribution in [0.5, 0.6) is 0 Å². The first kappa shape index (κ1) is 17.9. The number of nitrogens with one attached hydrogen (secondary N) is 1. The molecule has 0 saturated carbocycles. The molecule has 4 rings (SSSR count). The molecule has 0 unspecified atom stereocenters. The van der Waals surface area contributed by atoms with Crippen molar-refractivity contribution in [2.75, 3.05) is 5.32 Å². The molecule has 0 atom stereocenters. The lowest BCUT2D eigenvalue weighted by molar-refractivity contribution is 0.102. The van der Waals surface area contributed by atoms with Gasteiger partial charge in [0.05, 0.1) is 5.69 Å². The number of rotatable bonds is 4. The van der Waals surface area contributed by atoms with Crippen LogP contribution in [0.2, 0.25) is 0 Å². The Morgan fingerprint density at radius 2 is 1.61 bits per heavy atom. The molecular formula is C22H19FN4O. The Morgan fingerprint density at radius 3 is 2.29 bits per heavy atom. The van der Waals surface area contributed by atoms with E-state index in [4.69, 9.17) is 0 Å². The van der Waals surface area contributed by atoms with E-state index in [2.05, 4.69) is 41.5 Å². The molecule has 0 radical (unpaired) electrons. The number of benzene rings is 3. The number of nitrogens with zero attached hydrogens (tertiary/aromatic N) is 3. The van der Waals surface area contributed by atoms with Gasteiger partial charge in [0.15, 0.2) is 0 Å². The second kappa shape index (κ2) is 7.23. The Morgan fingerprint density at radius 1 is 0.929 bits per heavy atom. The lowest BCUT2D eigenvalue weighted by Crippen LogP contribution is -2.11. The van der Waals surface area contributed by atoms with Gasteiger partial charge in [-0.25, -0.2) is 4.39 Å². The first-order valence-electron chi connectivity index (χ1n) is 9.04. The molecule has 1 heterocycles. The third-order valence-corrected chi connectivity index (χ3v) is 4.54. The molecule has 140 valence electrons. The first-order chi connectivity index (χ1) is 13.5. The molecule has 1 N–H and O–H groups in total. The van der Waals surface area contributed by atoms with Crippen molar-refractivity contribution in [3.63, 3.8) is 0 Å². The van der Waals surface area contributed by atoms with Crippen molar-refractivity contribution in [3.05, 3.63) is 83.7 Å². The largest absolute Gasteiger partial charge is 0.322 e. The number of carbonyl (C=O) groups excluding carboxylic acids is 1. The first-order valence-corrected chi connectivity index (χ1v) is 9.04. The number of anilines is 1. The van der Waals surface area contributed by atoms with E-state index in [1.165, 1.54) is 29.8 Å². The summed E-state index contributed by atoms with van der Waals surface area (Å²) < 4.78 is 13.0. The van der Waals surface area contributed by atoms with Gasteiger partial charge in [-0.2, -0.15) is 4.80 Å². The van der Waals surface area contributed by atoms with Crippen LogP contribution < -0.4 is 5.32 Å². The number of hydrogen-bond donors (Lipinski definition) is 1. The summed E-state index contributed by atoms with van der Waals surface area (Å²) in [5.41, 5.74) is 4.51. The third kappa shape index (κ3) is 3.62. The molecule has 0 fully saturated rings. The van der Waals surface area contributed by atoms with Crippen LogP contribution in [-0.2, 0) is 0 Å². The van der Waals surface area contributed by atoms with Gasteiger partial charge in [-0.15, -0.1) is 10.2 Å². The minimum Gasteiger partial charge on any atom is -0.322 e. The maximum Gasteiger partial charge on any atom is 0.255 e. The topological polar surface area (TPSA) is 59.8 Å². The molecule has 0 aliphatic carbocycles. The van der Waals surface area contributed by atoms with Crippen LogP contribution in [0.15, 0.2) is 66.7 Å². The van der Waals surface area contributed by atoms with Crippen molar-refractivity contribution in [3.8, 4) is 5.69 Å². The standard InChI is InChI=1S/C22H19FN4O/c1-14(2)15-5-10-19(11-6-15)27-25-20-12-9-18(13-21(20)26-27)24-22(28)16-3-7-17(23)8-4-16/h3-14H,1-2H3,(H,24,28). The fourth-order valence-electron chi connectivity index (χ4n) is 2.90. The summed E-state index contributed by atoms with van der Waals surface area (Å²) in [6, 6.07) is 18.9. The predicted molar refractivity (Wildman–Crippen MR) is 107 cm³/mol. The van der Waals surface area contributed by atoms with Crippen molar-refractivity contribution in [1.29, 1.82) is 0 Å². The normalized spacial score (nSPS) is 11.1. The Labute approximate surface area is 161 Å². The van der Waals surface area contributed by atoms with E-state index >= 15 is 0 Å². The highest BCUT2D eigenvalue weighted by Crippen LogP contribution is 2.20. The smallest absolute Gasteiger partial charge is 0.255 e. The minimum atomic E-state index is -0.379. The Hall–Kier alpha value is -3.54. The Balaban J connectivity index is 1.57. The van der Waals surface area contributed by atoms with Crippen molar-refractivity contribution >= 4 is 22.6 Å². The molecule has 0 aliphatic heterocycles. The number of aromatic nitrogens is 3. The minimum absolute atomic E-state index is 0.309. The second-order valence-corrected chi connectivity index (χ2v) is 6.90. The van der Waals surface area contributed by atoms with Gasteiger partial charge in [0.25, 0.3) is 5.91 Å². The van der Waals surface area contributed by atoms with Crippen LogP contribution in [0.1, 0.15) is 35.7 Å². The SMILES string of the molecule is CC(C)c1ccc(-n2nc3ccc(NC(=O)c4ccc(F)cc4)cc3n2)cc1. The molecule has 3 aromatic carbocycles. The number of carbonyl (C=O) groups is 1. The molecule has 4 aromatic rings. The maximum absolute atomic E-state index is 13.0. The van der Waals surface area contributed by atoms with Gasteiger partial charge in [0, 0.05) is 11.3 Å². The highest BCUT2D eigenvalue weighted by Gasteiger charge is 2.10. The van der Waals surface area contributed by atoms with E-state index in [-0.39, 0.29) is 11.7 Å². The third-order valence-electron chi connectivity index (χ3n) is 4.54. The van der Waals surface area contributed by atoms with Crippen LogP contribution in [0, 0.1) is 5.82 Å². The Kier molecular flexibility index (Phi) is 4.61. The van der Waals surface area contributed by atoms with Gasteiger partial charge in [0.1, 0.15) is 16.9 Å². The summed E-state index contributed by atoms with van der Waals surface area (Å²) in [4.78, 5) is 13.9. The van der Waals surface area contributed by atoms with E-state index in [9.17, 15) is 9.18 Å². The lowest BCUT2D eigenvalue weighted by Gasteiger charge is -2.05. The lowest BCUT2D eigenvalue weighted by atomic mass is 10.0. The van der Waals surface area contributed by atoms with Crippen LogP contribution in [-0.4, -0.2) is 20.9 Å². The Bertz CT molecular complexity index is 1130. The second-order valence-electron chi connectivity index (χ2n) is 6.90. The molecule has 0 aliphatic rings. The monoisotopic (exact) mass is 374 g/mol. The highest BCUT2D eigenvalue weighted by molar-refractivity contribution is 6.04. The fourth-order valence-corrected chi connectivity index (χ4v) is 2.90. The van der Waals surface area contributed by atoms with Crippen molar-refractivity contribution < 1.29 is 9.18 Å². The summed E-state index contributed by atoms with van der Waals surface area (Å²) >= 11 is 0. The number of halogens is 1. The van der Waals surface area contributed by atoms with Crippen molar-refractivity contribution in [1.82, 2.24) is 15.0 Å². The average Bonchev–Trinajstić information content (AvgIpc) is 3.12. The number of hydrogen-bond acceptors (Lipinski definition) is 3. The molecule has 6 heteroatoms. The van der Waals surface area contributed by atoms with E-state index in [1.54, 1.807) is 16.9 Å². The van der Waals surface area contributed by atoms with Gasteiger partial charge in [-0.05, 0) is 66.1 Å². The molecule has 1 amide bonds. The summed E-state index contributed by atoms with van der Waals surface area (Å²) in [5.74, 6) is -0.224. The predicted octanol–water partition coefficient (Wildman–Crippen LogP) is 4.94. The van der Waals surface area contributed by atoms with Gasteiger partial charge < -0.3 is 5.32 Å². The van der Waals surface area contributed by atoms with Gasteiger partial charge >= 0.3 is 0 Å². The van der Waals surface area contributed by atoms with E-state index < -0.39 is 0 Å². The van der Waals surface area contributed by atoms with Crippen LogP contribution in [0.3, 0.4) is 0 Å². The van der Waals surface area contributed by atoms with E-state index in [0.717, 1.165) is 11.2 Å². The maximum atomic E-state index is 13.0. The summed E-state index contributed by atoms with van der Waals surface area (Å²) in [7, 11) is 0. The molecule has 1 aromatic heterocycles. The average molecular weight is 374 g/mol. The van der Waals surface area contributed by atoms with Crippen molar-refractivity contribution in [2.45, 2.75) is 19.8 Å². The summed E-state index contributed by atoms with van der Waals surface area (Å²) in [5, 5.41) is 11.8. The molecule has 0 spiro atoms. The molecule has 0 saturated heterocycles. The van der Waals surface area contributed by atoms with Gasteiger partial charge in [-0.3, -0.25) is 4.79 Å². The summed E-state index contributed by atoms with van der Waals surface area (Å²) in [6.45, 7) is 4.30. The zero-order valence-corrected chi connectivity index (χ0v) is 15.6. The fraction of sp³-hybridized carbons (Fsp3) is 0.136. The molecule has 0 bridgehead atoms. The van der Waals surface area contributed by atoms with Crippen LogP contribution >= 0.6 is 0 Å². The van der Waals surface area contributed by atoms with Gasteiger partial charge in [0.2, 0.25) is 0 Å². The summed E-state index contributed by atoms with van der Waals surface area (Å²) in [6.07, 6.45) is 0. The zero-order valence-electron chi connectivity index (χ0n) is 15.6. The van der Waals surface area contributed by atoms with E-state index in [1.807, 2.05) is 18.2 Å². The highest BCUT2D eigenvalue weighted by atomic mass is 19.1. The number of amides is 1. The van der Waals surface area contributed by atoms with Crippen LogP contribution in [0.4, 0.5) is 10.1 Å². The molecular weight excluding hydrogens is 355 g/mol.